The first kappa shape index (κ1) is 12.7. The summed E-state index contributed by atoms with van der Waals surface area (Å²) >= 11 is 1.16. The smallest absolute Gasteiger partial charge is 0.348 e. The fraction of sp³-hybridized carbons (Fsp3) is 0.400. The monoisotopic (exact) mass is 244 g/mol. The highest BCUT2D eigenvalue weighted by molar-refractivity contribution is 7.12. The zero-order valence-corrected chi connectivity index (χ0v) is 9.74. The van der Waals surface area contributed by atoms with Crippen molar-refractivity contribution in [3.8, 4) is 0 Å². The number of esters is 2. The molecule has 0 spiro atoms. The van der Waals surface area contributed by atoms with Crippen LogP contribution in [0.4, 0.5) is 0 Å². The van der Waals surface area contributed by atoms with Crippen LogP contribution in [-0.2, 0) is 14.3 Å². The highest BCUT2D eigenvalue weighted by atomic mass is 32.1. The minimum Gasteiger partial charge on any atom is -0.469 e. The molecule has 16 heavy (non-hydrogen) atoms. The van der Waals surface area contributed by atoms with E-state index >= 15 is 0 Å². The summed E-state index contributed by atoms with van der Waals surface area (Å²) in [5.74, 6) is -1.05. The summed E-state index contributed by atoms with van der Waals surface area (Å²) in [6, 6.07) is 1.59. The molecular weight excluding hydrogens is 232 g/mol. The second kappa shape index (κ2) is 5.62. The number of hydrogen-bond donors (Lipinski definition) is 1. The van der Waals surface area contributed by atoms with Crippen LogP contribution in [0.15, 0.2) is 11.4 Å². The van der Waals surface area contributed by atoms with E-state index in [0.717, 1.165) is 11.3 Å². The van der Waals surface area contributed by atoms with Crippen LogP contribution < -0.4 is 0 Å². The number of hydrogen-bond acceptors (Lipinski definition) is 6. The molecule has 0 saturated heterocycles. The molecule has 6 heteroatoms. The number of carbonyl (C=O) groups excluding carboxylic acids is 2. The van der Waals surface area contributed by atoms with Crippen LogP contribution in [-0.4, -0.2) is 31.3 Å². The molecule has 1 aromatic rings. The number of aliphatic hydroxyl groups is 1. The van der Waals surface area contributed by atoms with Gasteiger partial charge in [-0.15, -0.1) is 11.3 Å². The van der Waals surface area contributed by atoms with Gasteiger partial charge in [-0.25, -0.2) is 4.79 Å². The SMILES string of the molecule is COC(=O)C[C@H](O)c1ccsc1C(=O)OC. The molecule has 1 N–H and O–H groups in total. The molecule has 1 atom stereocenters. The first-order chi connectivity index (χ1) is 7.60. The maximum Gasteiger partial charge on any atom is 0.348 e. The number of rotatable bonds is 4. The molecule has 88 valence electrons. The van der Waals surface area contributed by atoms with Gasteiger partial charge in [-0.2, -0.15) is 0 Å². The lowest BCUT2D eigenvalue weighted by molar-refractivity contribution is -0.142. The summed E-state index contributed by atoms with van der Waals surface area (Å²) in [6.45, 7) is 0. The van der Waals surface area contributed by atoms with Crippen LogP contribution in [0.25, 0.3) is 0 Å². The van der Waals surface area contributed by atoms with Gasteiger partial charge in [0.2, 0.25) is 0 Å². The summed E-state index contributed by atoms with van der Waals surface area (Å²) in [5, 5.41) is 11.4. The van der Waals surface area contributed by atoms with Gasteiger partial charge in [0, 0.05) is 5.56 Å². The van der Waals surface area contributed by atoms with Gasteiger partial charge in [0.25, 0.3) is 0 Å². The van der Waals surface area contributed by atoms with Gasteiger partial charge >= 0.3 is 11.9 Å². The Labute approximate surface area is 96.6 Å². The number of aliphatic hydroxyl groups excluding tert-OH is 1. The second-order valence-corrected chi connectivity index (χ2v) is 3.91. The van der Waals surface area contributed by atoms with E-state index in [9.17, 15) is 14.7 Å². The molecule has 0 bridgehead atoms. The van der Waals surface area contributed by atoms with Gasteiger partial charge in [-0.05, 0) is 11.4 Å². The number of carbonyl (C=O) groups is 2. The third kappa shape index (κ3) is 2.80. The predicted octanol–water partition coefficient (Wildman–Crippen LogP) is 1.13. The molecule has 1 heterocycles. The first-order valence-electron chi connectivity index (χ1n) is 4.50. The molecule has 0 aliphatic rings. The Bertz CT molecular complexity index is 384. The van der Waals surface area contributed by atoms with Crippen molar-refractivity contribution in [2.45, 2.75) is 12.5 Å². The second-order valence-electron chi connectivity index (χ2n) is 2.99. The van der Waals surface area contributed by atoms with Gasteiger partial charge in [0.05, 0.1) is 26.7 Å². The largest absolute Gasteiger partial charge is 0.469 e. The van der Waals surface area contributed by atoms with Crippen molar-refractivity contribution in [3.05, 3.63) is 21.9 Å². The van der Waals surface area contributed by atoms with E-state index in [0.29, 0.717) is 10.4 Å². The topological polar surface area (TPSA) is 72.8 Å². The molecule has 0 aliphatic heterocycles. The predicted molar refractivity (Wildman–Crippen MR) is 57.3 cm³/mol. The molecule has 0 saturated carbocycles. The van der Waals surface area contributed by atoms with Gasteiger partial charge in [-0.1, -0.05) is 0 Å². The van der Waals surface area contributed by atoms with E-state index in [1.165, 1.54) is 14.2 Å². The molecule has 5 nitrogen and oxygen atoms in total. The van der Waals surface area contributed by atoms with Crippen LogP contribution in [0, 0.1) is 0 Å². The van der Waals surface area contributed by atoms with E-state index in [2.05, 4.69) is 9.47 Å². The van der Waals surface area contributed by atoms with Crippen LogP contribution in [0.2, 0.25) is 0 Å². The van der Waals surface area contributed by atoms with Gasteiger partial charge in [-0.3, -0.25) is 4.79 Å². The van der Waals surface area contributed by atoms with Crippen LogP contribution in [0.3, 0.4) is 0 Å². The summed E-state index contributed by atoms with van der Waals surface area (Å²) in [7, 11) is 2.50. The lowest BCUT2D eigenvalue weighted by Crippen LogP contribution is -2.11. The van der Waals surface area contributed by atoms with Gasteiger partial charge in [0.1, 0.15) is 4.88 Å². The van der Waals surface area contributed by atoms with Gasteiger partial charge in [0.15, 0.2) is 0 Å². The fourth-order valence-electron chi connectivity index (χ4n) is 1.19. The Morgan fingerprint density at radius 2 is 2.12 bits per heavy atom. The molecule has 1 rings (SSSR count). The average molecular weight is 244 g/mol. The van der Waals surface area contributed by atoms with Crippen molar-refractivity contribution in [2.24, 2.45) is 0 Å². The van der Waals surface area contributed by atoms with Crippen LogP contribution in [0.5, 0.6) is 0 Å². The molecule has 0 amide bonds. The Morgan fingerprint density at radius 1 is 1.44 bits per heavy atom. The Hall–Kier alpha value is -1.40. The minimum absolute atomic E-state index is 0.183. The summed E-state index contributed by atoms with van der Waals surface area (Å²) in [6.07, 6.45) is -1.23. The quantitative estimate of drug-likeness (QED) is 0.804. The van der Waals surface area contributed by atoms with E-state index in [1.807, 2.05) is 0 Å². The van der Waals surface area contributed by atoms with Crippen molar-refractivity contribution in [1.82, 2.24) is 0 Å². The maximum atomic E-state index is 11.3. The van der Waals surface area contributed by atoms with Crippen molar-refractivity contribution in [2.75, 3.05) is 14.2 Å². The molecule has 0 radical (unpaired) electrons. The van der Waals surface area contributed by atoms with E-state index < -0.39 is 18.0 Å². The number of methoxy groups -OCH3 is 2. The Balaban J connectivity index is 2.83. The highest BCUT2D eigenvalue weighted by Crippen LogP contribution is 2.26. The summed E-state index contributed by atoms with van der Waals surface area (Å²) in [5.41, 5.74) is 0.391. The zero-order chi connectivity index (χ0) is 12.1. The minimum atomic E-state index is -1.05. The fourth-order valence-corrected chi connectivity index (χ4v) is 2.06. The number of ether oxygens (including phenoxy) is 2. The Morgan fingerprint density at radius 3 is 2.69 bits per heavy atom. The Kier molecular flexibility index (Phi) is 4.45. The first-order valence-corrected chi connectivity index (χ1v) is 5.38. The van der Waals surface area contributed by atoms with E-state index in [4.69, 9.17) is 0 Å². The van der Waals surface area contributed by atoms with E-state index in [-0.39, 0.29) is 6.42 Å². The zero-order valence-electron chi connectivity index (χ0n) is 8.93. The van der Waals surface area contributed by atoms with Crippen LogP contribution in [0.1, 0.15) is 27.8 Å². The molecule has 1 aromatic heterocycles. The standard InChI is InChI=1S/C10H12O5S/c1-14-8(12)5-7(11)6-3-4-16-9(6)10(13)15-2/h3-4,7,11H,5H2,1-2H3/t7-/m0/s1. The lowest BCUT2D eigenvalue weighted by Gasteiger charge is -2.09. The molecule has 0 aliphatic carbocycles. The van der Waals surface area contributed by atoms with Crippen molar-refractivity contribution < 1.29 is 24.2 Å². The highest BCUT2D eigenvalue weighted by Gasteiger charge is 2.21. The number of thiophene rings is 1. The summed E-state index contributed by atoms with van der Waals surface area (Å²) < 4.78 is 8.99. The van der Waals surface area contributed by atoms with Crippen LogP contribution >= 0.6 is 11.3 Å². The molecular formula is C10H12O5S. The lowest BCUT2D eigenvalue weighted by atomic mass is 10.1. The van der Waals surface area contributed by atoms with E-state index in [1.54, 1.807) is 11.4 Å². The third-order valence-corrected chi connectivity index (χ3v) is 2.92. The summed E-state index contributed by atoms with van der Waals surface area (Å²) in [4.78, 5) is 22.6. The maximum absolute atomic E-state index is 11.3. The molecule has 0 fully saturated rings. The van der Waals surface area contributed by atoms with Crippen molar-refractivity contribution >= 4 is 23.3 Å². The normalized spacial score (nSPS) is 11.9. The third-order valence-electron chi connectivity index (χ3n) is 2.01. The van der Waals surface area contributed by atoms with Crippen molar-refractivity contribution in [3.63, 3.8) is 0 Å². The molecule has 0 unspecified atom stereocenters. The van der Waals surface area contributed by atoms with Gasteiger partial charge < -0.3 is 14.6 Å². The average Bonchev–Trinajstić information content (AvgIpc) is 2.76. The molecule has 0 aromatic carbocycles. The van der Waals surface area contributed by atoms with Crippen molar-refractivity contribution in [1.29, 1.82) is 0 Å².